The zero-order valence-electron chi connectivity index (χ0n) is 20.1. The Morgan fingerprint density at radius 2 is 2.03 bits per heavy atom. The number of rotatable bonds is 8. The maximum atomic E-state index is 13.7. The van der Waals surface area contributed by atoms with Crippen LogP contribution in [-0.2, 0) is 23.0 Å². The van der Waals surface area contributed by atoms with E-state index in [0.29, 0.717) is 37.5 Å². The molecule has 9 nitrogen and oxygen atoms in total. The van der Waals surface area contributed by atoms with Crippen LogP contribution in [0.3, 0.4) is 0 Å². The van der Waals surface area contributed by atoms with Crippen molar-refractivity contribution in [2.24, 2.45) is 22.4 Å². The Kier molecular flexibility index (Phi) is 6.48. The van der Waals surface area contributed by atoms with Crippen molar-refractivity contribution in [3.05, 3.63) is 77.4 Å². The molecule has 2 aromatic carbocycles. The van der Waals surface area contributed by atoms with Gasteiger partial charge in [-0.2, -0.15) is 0 Å². The summed E-state index contributed by atoms with van der Waals surface area (Å²) in [5.74, 6) is 0.556. The summed E-state index contributed by atoms with van der Waals surface area (Å²) in [4.78, 5) is 18.8. The van der Waals surface area contributed by atoms with Gasteiger partial charge in [0.1, 0.15) is 5.25 Å². The van der Waals surface area contributed by atoms with Gasteiger partial charge in [0.25, 0.3) is 0 Å². The van der Waals surface area contributed by atoms with Crippen molar-refractivity contribution in [2.75, 3.05) is 24.5 Å². The maximum absolute atomic E-state index is 13.7. The molecule has 0 bridgehead atoms. The summed E-state index contributed by atoms with van der Waals surface area (Å²) in [6.45, 7) is 5.51. The molecule has 3 aliphatic rings. The first kappa shape index (κ1) is 24.3. The number of hydrogen-bond acceptors (Lipinski definition) is 6. The molecule has 2 atom stereocenters. The number of nitrogens with zero attached hydrogens (tertiary/aromatic N) is 3. The van der Waals surface area contributed by atoms with Gasteiger partial charge < -0.3 is 16.8 Å². The van der Waals surface area contributed by atoms with E-state index < -0.39 is 21.3 Å². The number of carbonyl (C=O) groups excluding carboxylic acids is 1. The molecular formula is C26H32N6O3S. The lowest BCUT2D eigenvalue weighted by Crippen LogP contribution is -2.41. The van der Waals surface area contributed by atoms with Crippen molar-refractivity contribution in [1.29, 1.82) is 0 Å². The lowest BCUT2D eigenvalue weighted by atomic mass is 10.0. The van der Waals surface area contributed by atoms with Gasteiger partial charge in [-0.1, -0.05) is 42.5 Å². The smallest absolute Gasteiger partial charge is 0.321 e. The predicted octanol–water partition coefficient (Wildman–Crippen LogP) is 2.56. The van der Waals surface area contributed by atoms with E-state index in [4.69, 9.17) is 11.5 Å². The number of guanidine groups is 1. The molecule has 2 aliphatic heterocycles. The Bertz CT molecular complexity index is 1320. The second kappa shape index (κ2) is 9.59. The molecule has 36 heavy (non-hydrogen) atoms. The number of benzene rings is 2. The average Bonchev–Trinajstić information content (AvgIpc) is 3.48. The highest BCUT2D eigenvalue weighted by Gasteiger charge is 2.39. The molecule has 0 spiro atoms. The minimum atomic E-state index is -3.94. The summed E-state index contributed by atoms with van der Waals surface area (Å²) >= 11 is 0. The number of nitrogens with one attached hydrogen (secondary N) is 1. The number of fused-ring (bicyclic) bond motifs is 1. The topological polar surface area (TPSA) is 134 Å². The molecule has 2 aromatic rings. The molecule has 10 heteroatoms. The highest BCUT2D eigenvalue weighted by atomic mass is 32.2. The molecule has 5 rings (SSSR count). The van der Waals surface area contributed by atoms with Gasteiger partial charge >= 0.3 is 6.03 Å². The van der Waals surface area contributed by atoms with Gasteiger partial charge in [0.05, 0.1) is 12.6 Å². The first-order valence-electron chi connectivity index (χ1n) is 12.3. The van der Waals surface area contributed by atoms with Gasteiger partial charge in [0.15, 0.2) is 0 Å². The zero-order valence-corrected chi connectivity index (χ0v) is 21.0. The number of urea groups is 1. The third-order valence-corrected chi connectivity index (χ3v) is 9.23. The Morgan fingerprint density at radius 3 is 2.75 bits per heavy atom. The molecular weight excluding hydrogens is 476 g/mol. The van der Waals surface area contributed by atoms with Crippen LogP contribution in [0.15, 0.2) is 60.1 Å². The summed E-state index contributed by atoms with van der Waals surface area (Å²) in [5.41, 5.74) is 16.1. The van der Waals surface area contributed by atoms with E-state index in [1.54, 1.807) is 11.0 Å². The van der Waals surface area contributed by atoms with E-state index >= 15 is 0 Å². The fourth-order valence-corrected chi connectivity index (χ4v) is 6.65. The third kappa shape index (κ3) is 4.46. The third-order valence-electron chi connectivity index (χ3n) is 7.17. The molecule has 1 saturated carbocycles. The quantitative estimate of drug-likeness (QED) is 0.471. The minimum Gasteiger partial charge on any atom is -0.369 e. The number of hydrogen-bond donors (Lipinski definition) is 3. The van der Waals surface area contributed by atoms with Crippen molar-refractivity contribution in [1.82, 2.24) is 9.62 Å². The van der Waals surface area contributed by atoms with Gasteiger partial charge in [-0.15, -0.1) is 6.58 Å². The number of amides is 2. The number of aliphatic imine (C=N–C) groups is 1. The Morgan fingerprint density at radius 1 is 1.25 bits per heavy atom. The van der Waals surface area contributed by atoms with Crippen molar-refractivity contribution < 1.29 is 13.2 Å². The monoisotopic (exact) mass is 508 g/mol. The molecule has 1 fully saturated rings. The molecule has 2 heterocycles. The Labute approximate surface area is 211 Å². The Balaban J connectivity index is 1.36. The van der Waals surface area contributed by atoms with E-state index in [9.17, 15) is 13.2 Å². The van der Waals surface area contributed by atoms with Crippen LogP contribution >= 0.6 is 0 Å². The number of nitrogens with two attached hydrogens (primary N) is 2. The molecule has 0 saturated heterocycles. The standard InChI is InChI=1S/C26H32N6O3S/c1-2-24(19-9-10-23-18(13-19)11-12-31(23)26(33)29-15-17-7-8-17)36(34,35)32-16-22(30-25(32)28)21-6-4-3-5-20(21)14-27/h2-6,9-10,13,17,22,24H,1,7-8,11-12,14-16,27H2,(H2,28,30)(H,29,33). The van der Waals surface area contributed by atoms with Crippen LogP contribution in [0.25, 0.3) is 0 Å². The second-order valence-electron chi connectivity index (χ2n) is 9.56. The largest absolute Gasteiger partial charge is 0.369 e. The van der Waals surface area contributed by atoms with E-state index in [0.717, 1.165) is 22.4 Å². The lowest BCUT2D eigenvalue weighted by Gasteiger charge is -2.25. The fraction of sp³-hybridized carbons (Fsp3) is 0.385. The highest BCUT2D eigenvalue weighted by molar-refractivity contribution is 7.90. The first-order chi connectivity index (χ1) is 17.3. The molecule has 0 radical (unpaired) electrons. The van der Waals surface area contributed by atoms with E-state index in [1.165, 1.54) is 23.2 Å². The van der Waals surface area contributed by atoms with Gasteiger partial charge in [-0.3, -0.25) is 4.90 Å². The normalized spacial score (nSPS) is 20.1. The second-order valence-corrected chi connectivity index (χ2v) is 11.5. The lowest BCUT2D eigenvalue weighted by molar-refractivity contribution is 0.246. The predicted molar refractivity (Wildman–Crippen MR) is 141 cm³/mol. The maximum Gasteiger partial charge on any atom is 0.321 e. The van der Waals surface area contributed by atoms with Gasteiger partial charge in [0, 0.05) is 25.3 Å². The van der Waals surface area contributed by atoms with E-state index in [1.807, 2.05) is 36.4 Å². The summed E-state index contributed by atoms with van der Waals surface area (Å²) in [7, 11) is -3.94. The first-order valence-corrected chi connectivity index (χ1v) is 13.8. The van der Waals surface area contributed by atoms with Crippen molar-refractivity contribution in [2.45, 2.75) is 37.1 Å². The summed E-state index contributed by atoms with van der Waals surface area (Å²) in [6.07, 6.45) is 4.42. The van der Waals surface area contributed by atoms with Crippen LogP contribution in [0.2, 0.25) is 0 Å². The molecule has 190 valence electrons. The summed E-state index contributed by atoms with van der Waals surface area (Å²) in [5, 5.41) is 2.00. The van der Waals surface area contributed by atoms with Crippen LogP contribution in [-0.4, -0.2) is 44.3 Å². The van der Waals surface area contributed by atoms with Crippen molar-refractivity contribution in [3.8, 4) is 0 Å². The van der Waals surface area contributed by atoms with Gasteiger partial charge in [-0.25, -0.2) is 22.5 Å². The summed E-state index contributed by atoms with van der Waals surface area (Å²) < 4.78 is 28.6. The molecule has 2 amide bonds. The van der Waals surface area contributed by atoms with E-state index in [2.05, 4.69) is 16.9 Å². The number of carbonyl (C=O) groups is 1. The molecule has 2 unspecified atom stereocenters. The SMILES string of the molecule is C=CC(c1ccc2c(c1)CCN2C(=O)NCC1CC1)S(=O)(=O)N1CC(c2ccccc2CN)N=C1N. The molecule has 0 aromatic heterocycles. The van der Waals surface area contributed by atoms with Crippen LogP contribution in [0, 0.1) is 5.92 Å². The van der Waals surface area contributed by atoms with E-state index in [-0.39, 0.29) is 18.5 Å². The minimum absolute atomic E-state index is 0.0432. The Hall–Kier alpha value is -3.37. The molecule has 1 aliphatic carbocycles. The average molecular weight is 509 g/mol. The molecule has 5 N–H and O–H groups in total. The van der Waals surface area contributed by atoms with Crippen molar-refractivity contribution >= 4 is 27.7 Å². The van der Waals surface area contributed by atoms with Crippen LogP contribution < -0.4 is 21.7 Å². The highest BCUT2D eigenvalue weighted by Crippen LogP contribution is 2.37. The van der Waals surface area contributed by atoms with Crippen LogP contribution in [0.4, 0.5) is 10.5 Å². The van der Waals surface area contributed by atoms with Crippen LogP contribution in [0.5, 0.6) is 0 Å². The fourth-order valence-electron chi connectivity index (χ4n) is 4.99. The number of anilines is 1. The zero-order chi connectivity index (χ0) is 25.4. The van der Waals surface area contributed by atoms with Gasteiger partial charge in [0.2, 0.25) is 16.0 Å². The van der Waals surface area contributed by atoms with Crippen molar-refractivity contribution in [3.63, 3.8) is 0 Å². The van der Waals surface area contributed by atoms with Crippen LogP contribution in [0.1, 0.15) is 46.4 Å². The van der Waals surface area contributed by atoms with Gasteiger partial charge in [-0.05, 0) is 53.5 Å². The summed E-state index contributed by atoms with van der Waals surface area (Å²) in [6, 6.07) is 12.5. The number of sulfonamides is 1.